The van der Waals surface area contributed by atoms with E-state index in [4.69, 9.17) is 5.14 Å². The molecule has 0 fully saturated rings. The molecule has 0 saturated carbocycles. The van der Waals surface area contributed by atoms with E-state index in [2.05, 4.69) is 34.0 Å². The van der Waals surface area contributed by atoms with Crippen LogP contribution in [0.1, 0.15) is 18.2 Å². The van der Waals surface area contributed by atoms with Gasteiger partial charge in [-0.25, -0.2) is 18.5 Å². The minimum absolute atomic E-state index is 0.103. The van der Waals surface area contributed by atoms with Gasteiger partial charge in [0.25, 0.3) is 0 Å². The predicted molar refractivity (Wildman–Crippen MR) is 100 cm³/mol. The molecule has 0 saturated heterocycles. The summed E-state index contributed by atoms with van der Waals surface area (Å²) in [6.45, 7) is 2.97. The molecule has 1 aromatic carbocycles. The Morgan fingerprint density at radius 3 is 2.83 bits per heavy atom. The highest BCUT2D eigenvalue weighted by molar-refractivity contribution is 7.99. The van der Waals surface area contributed by atoms with Crippen molar-refractivity contribution in [2.45, 2.75) is 36.4 Å². The van der Waals surface area contributed by atoms with Crippen LogP contribution in [0.2, 0.25) is 0 Å². The lowest BCUT2D eigenvalue weighted by Crippen LogP contribution is -2.11. The SMILES string of the molecule is CCCn1c(SCCc2cccs2)nc2cc(S(N)(=O)=O)ccc21. The molecule has 2 N–H and O–H groups in total. The number of hydrogen-bond donors (Lipinski definition) is 1. The van der Waals surface area contributed by atoms with Crippen LogP contribution in [0.3, 0.4) is 0 Å². The van der Waals surface area contributed by atoms with Crippen LogP contribution in [-0.4, -0.2) is 23.7 Å². The van der Waals surface area contributed by atoms with Gasteiger partial charge < -0.3 is 4.57 Å². The Labute approximate surface area is 149 Å². The maximum absolute atomic E-state index is 11.5. The molecule has 8 heteroatoms. The molecule has 0 aliphatic heterocycles. The Hall–Kier alpha value is -1.35. The summed E-state index contributed by atoms with van der Waals surface area (Å²) in [5.41, 5.74) is 1.62. The molecule has 3 aromatic rings. The smallest absolute Gasteiger partial charge is 0.238 e. The Balaban J connectivity index is 1.89. The van der Waals surface area contributed by atoms with E-state index in [1.54, 1.807) is 41.3 Å². The zero-order chi connectivity index (χ0) is 17.2. The van der Waals surface area contributed by atoms with Gasteiger partial charge in [-0.2, -0.15) is 0 Å². The van der Waals surface area contributed by atoms with Gasteiger partial charge in [-0.15, -0.1) is 11.3 Å². The van der Waals surface area contributed by atoms with Gasteiger partial charge in [-0.1, -0.05) is 24.8 Å². The number of thioether (sulfide) groups is 1. The number of fused-ring (bicyclic) bond motifs is 1. The van der Waals surface area contributed by atoms with Crippen molar-refractivity contribution >= 4 is 44.2 Å². The maximum atomic E-state index is 11.5. The molecule has 0 amide bonds. The third kappa shape index (κ3) is 3.83. The largest absolute Gasteiger partial charge is 0.319 e. The first-order chi connectivity index (χ1) is 11.5. The van der Waals surface area contributed by atoms with Gasteiger partial charge >= 0.3 is 0 Å². The molecule has 2 heterocycles. The van der Waals surface area contributed by atoms with Crippen LogP contribution < -0.4 is 5.14 Å². The Morgan fingerprint density at radius 1 is 1.33 bits per heavy atom. The van der Waals surface area contributed by atoms with Gasteiger partial charge in [0.05, 0.1) is 15.9 Å². The number of aryl methyl sites for hydroxylation is 2. The number of rotatable bonds is 7. The summed E-state index contributed by atoms with van der Waals surface area (Å²) < 4.78 is 25.2. The zero-order valence-electron chi connectivity index (χ0n) is 13.3. The minimum Gasteiger partial charge on any atom is -0.319 e. The average molecular weight is 382 g/mol. The van der Waals surface area contributed by atoms with Gasteiger partial charge in [0.15, 0.2) is 5.16 Å². The van der Waals surface area contributed by atoms with Crippen molar-refractivity contribution < 1.29 is 8.42 Å². The summed E-state index contributed by atoms with van der Waals surface area (Å²) in [5.74, 6) is 0.940. The Bertz CT molecular complexity index is 931. The number of thiophene rings is 1. The molecular weight excluding hydrogens is 362 g/mol. The van der Waals surface area contributed by atoms with E-state index in [-0.39, 0.29) is 4.90 Å². The fourth-order valence-corrected chi connectivity index (χ4v) is 4.90. The minimum atomic E-state index is -3.71. The molecule has 0 radical (unpaired) electrons. The van der Waals surface area contributed by atoms with Gasteiger partial charge in [-0.05, 0) is 42.5 Å². The van der Waals surface area contributed by atoms with Crippen molar-refractivity contribution in [3.05, 3.63) is 40.6 Å². The van der Waals surface area contributed by atoms with E-state index in [9.17, 15) is 8.42 Å². The summed E-state index contributed by atoms with van der Waals surface area (Å²) in [5, 5.41) is 8.23. The zero-order valence-corrected chi connectivity index (χ0v) is 15.8. The molecule has 5 nitrogen and oxygen atoms in total. The number of imidazole rings is 1. The number of nitrogens with two attached hydrogens (primary N) is 1. The molecule has 0 aliphatic rings. The number of hydrogen-bond acceptors (Lipinski definition) is 5. The van der Waals surface area contributed by atoms with Crippen molar-refractivity contribution in [2.75, 3.05) is 5.75 Å². The first kappa shape index (κ1) is 17.5. The van der Waals surface area contributed by atoms with Crippen molar-refractivity contribution in [1.82, 2.24) is 9.55 Å². The molecule has 0 atom stereocenters. The third-order valence-electron chi connectivity index (χ3n) is 3.62. The van der Waals surface area contributed by atoms with E-state index < -0.39 is 10.0 Å². The quantitative estimate of drug-likeness (QED) is 0.636. The van der Waals surface area contributed by atoms with E-state index in [0.29, 0.717) is 5.52 Å². The van der Waals surface area contributed by atoms with Crippen LogP contribution in [0.15, 0.2) is 45.8 Å². The van der Waals surface area contributed by atoms with Crippen molar-refractivity contribution in [3.63, 3.8) is 0 Å². The van der Waals surface area contributed by atoms with Crippen molar-refractivity contribution in [3.8, 4) is 0 Å². The highest BCUT2D eigenvalue weighted by Gasteiger charge is 2.14. The summed E-state index contributed by atoms with van der Waals surface area (Å²) in [6.07, 6.45) is 1.99. The molecular formula is C16H19N3O2S3. The lowest BCUT2D eigenvalue weighted by molar-refractivity contribution is 0.598. The van der Waals surface area contributed by atoms with Gasteiger partial charge in [0.2, 0.25) is 10.0 Å². The molecule has 24 heavy (non-hydrogen) atoms. The summed E-state index contributed by atoms with van der Waals surface area (Å²) >= 11 is 3.46. The van der Waals surface area contributed by atoms with E-state index in [0.717, 1.165) is 35.8 Å². The number of aromatic nitrogens is 2. The highest BCUT2D eigenvalue weighted by atomic mass is 32.2. The monoisotopic (exact) mass is 381 g/mol. The standard InChI is InChI=1S/C16H19N3O2S3/c1-2-8-19-15-6-5-13(24(17,20)21)11-14(15)18-16(19)23-10-7-12-4-3-9-22-12/h3-6,9,11H,2,7-8,10H2,1H3,(H2,17,20,21). The van der Waals surface area contributed by atoms with Crippen LogP contribution >= 0.6 is 23.1 Å². The van der Waals surface area contributed by atoms with Crippen LogP contribution in [0.4, 0.5) is 0 Å². The maximum Gasteiger partial charge on any atom is 0.238 e. The molecule has 0 unspecified atom stereocenters. The average Bonchev–Trinajstić information content (AvgIpc) is 3.15. The van der Waals surface area contributed by atoms with Gasteiger partial charge in [0.1, 0.15) is 0 Å². The second kappa shape index (κ2) is 7.26. The normalized spacial score (nSPS) is 12.1. The lowest BCUT2D eigenvalue weighted by atomic mass is 10.3. The van der Waals surface area contributed by atoms with Crippen LogP contribution in [0.5, 0.6) is 0 Å². The molecule has 3 rings (SSSR count). The molecule has 2 aromatic heterocycles. The summed E-state index contributed by atoms with van der Waals surface area (Å²) in [7, 11) is -3.71. The molecule has 0 bridgehead atoms. The second-order valence-electron chi connectivity index (χ2n) is 5.42. The summed E-state index contributed by atoms with van der Waals surface area (Å²) in [6, 6.07) is 9.09. The fourth-order valence-electron chi connectivity index (χ4n) is 2.51. The lowest BCUT2D eigenvalue weighted by Gasteiger charge is -2.07. The van der Waals surface area contributed by atoms with Crippen LogP contribution in [0, 0.1) is 0 Å². The topological polar surface area (TPSA) is 78.0 Å². The highest BCUT2D eigenvalue weighted by Crippen LogP contribution is 2.27. The summed E-state index contributed by atoms with van der Waals surface area (Å²) in [4.78, 5) is 6.10. The number of benzene rings is 1. The molecule has 0 spiro atoms. The fraction of sp³-hybridized carbons (Fsp3) is 0.312. The first-order valence-electron chi connectivity index (χ1n) is 7.67. The molecule has 128 valence electrons. The van der Waals surface area contributed by atoms with E-state index in [1.165, 1.54) is 4.88 Å². The van der Waals surface area contributed by atoms with Crippen LogP contribution in [0.25, 0.3) is 11.0 Å². The van der Waals surface area contributed by atoms with Crippen molar-refractivity contribution in [2.24, 2.45) is 5.14 Å². The molecule has 0 aliphatic carbocycles. The van der Waals surface area contributed by atoms with Gasteiger partial charge in [0, 0.05) is 17.2 Å². The van der Waals surface area contributed by atoms with Crippen LogP contribution in [-0.2, 0) is 23.0 Å². The van der Waals surface area contributed by atoms with E-state index in [1.807, 2.05) is 0 Å². The van der Waals surface area contributed by atoms with Gasteiger partial charge in [-0.3, -0.25) is 0 Å². The Morgan fingerprint density at radius 2 is 2.17 bits per heavy atom. The number of nitrogens with zero attached hydrogens (tertiary/aromatic N) is 2. The number of primary sulfonamides is 1. The van der Waals surface area contributed by atoms with E-state index >= 15 is 0 Å². The predicted octanol–water partition coefficient (Wildman–Crippen LogP) is 3.49. The van der Waals surface area contributed by atoms with Crippen molar-refractivity contribution in [1.29, 1.82) is 0 Å². The number of sulfonamides is 1. The second-order valence-corrected chi connectivity index (χ2v) is 9.08. The Kier molecular flexibility index (Phi) is 5.29. The third-order valence-corrected chi connectivity index (χ3v) is 6.45. The first-order valence-corrected chi connectivity index (χ1v) is 11.1.